The SMILES string of the molecule is [C-]#[N+]C(/C(C#N)=C\c1ccc(N(c2ccc(C=C(c3ccccc3)c3ccccc3)c(C)c2)c2ccc(C=C(c3ccccc3)c3ccccc3)c(OC)c2)cc1)=C(\C)C#N. The van der Waals surface area contributed by atoms with Crippen molar-refractivity contribution < 1.29 is 4.74 Å². The first-order chi connectivity index (χ1) is 29.9. The van der Waals surface area contributed by atoms with Gasteiger partial charge in [0.05, 0.1) is 31.4 Å². The number of rotatable bonds is 12. The van der Waals surface area contributed by atoms with E-state index < -0.39 is 0 Å². The number of nitrogens with zero attached hydrogens (tertiary/aromatic N) is 4. The second-order valence-electron chi connectivity index (χ2n) is 14.3. The fourth-order valence-corrected chi connectivity index (χ4v) is 7.25. The van der Waals surface area contributed by atoms with Crippen molar-refractivity contribution in [3.05, 3.63) is 255 Å². The predicted octanol–water partition coefficient (Wildman–Crippen LogP) is 14.3. The smallest absolute Gasteiger partial charge is 0.217 e. The molecule has 7 aromatic rings. The van der Waals surface area contributed by atoms with E-state index in [0.29, 0.717) is 5.75 Å². The maximum atomic E-state index is 9.93. The lowest BCUT2D eigenvalue weighted by Gasteiger charge is -2.27. The van der Waals surface area contributed by atoms with Crippen molar-refractivity contribution >= 4 is 46.4 Å². The van der Waals surface area contributed by atoms with Crippen LogP contribution in [0.2, 0.25) is 0 Å². The fraction of sp³-hybridized carbons (Fsp3) is 0.0536. The molecule has 0 atom stereocenters. The van der Waals surface area contributed by atoms with Crippen molar-refractivity contribution in [3.63, 3.8) is 0 Å². The summed E-state index contributed by atoms with van der Waals surface area (Å²) in [5, 5.41) is 19.4. The second kappa shape index (κ2) is 19.3. The van der Waals surface area contributed by atoms with Gasteiger partial charge in [0.1, 0.15) is 5.75 Å². The van der Waals surface area contributed by atoms with Gasteiger partial charge >= 0.3 is 0 Å². The van der Waals surface area contributed by atoms with E-state index in [0.717, 1.165) is 72.7 Å². The Morgan fingerprint density at radius 3 is 1.43 bits per heavy atom. The number of ether oxygens (including phenoxy) is 1. The van der Waals surface area contributed by atoms with Crippen molar-refractivity contribution in [2.45, 2.75) is 13.8 Å². The first kappa shape index (κ1) is 40.8. The van der Waals surface area contributed by atoms with E-state index in [1.807, 2.05) is 78.9 Å². The van der Waals surface area contributed by atoms with Crippen molar-refractivity contribution in [2.75, 3.05) is 12.0 Å². The molecule has 0 N–H and O–H groups in total. The van der Waals surface area contributed by atoms with Gasteiger partial charge in [0.15, 0.2) is 0 Å². The van der Waals surface area contributed by atoms with E-state index in [4.69, 9.17) is 11.3 Å². The lowest BCUT2D eigenvalue weighted by Crippen LogP contribution is -2.11. The molecule has 0 spiro atoms. The molecule has 5 heteroatoms. The topological polar surface area (TPSA) is 64.4 Å². The molecule has 0 aliphatic carbocycles. The van der Waals surface area contributed by atoms with Crippen LogP contribution < -0.4 is 9.64 Å². The summed E-state index contributed by atoms with van der Waals surface area (Å²) in [6.45, 7) is 11.3. The molecule has 0 unspecified atom stereocenters. The quantitative estimate of drug-likeness (QED) is 0.0535. The Balaban J connectivity index is 1.35. The summed E-state index contributed by atoms with van der Waals surface area (Å²) in [6.07, 6.45) is 6.07. The summed E-state index contributed by atoms with van der Waals surface area (Å²) >= 11 is 0. The minimum Gasteiger partial charge on any atom is -0.496 e. The maximum absolute atomic E-state index is 9.93. The van der Waals surface area contributed by atoms with E-state index in [9.17, 15) is 10.5 Å². The highest BCUT2D eigenvalue weighted by atomic mass is 16.5. The molecule has 0 amide bonds. The van der Waals surface area contributed by atoms with Crippen LogP contribution in [0, 0.1) is 36.2 Å². The number of methoxy groups -OCH3 is 1. The third-order valence-electron chi connectivity index (χ3n) is 10.4. The maximum Gasteiger partial charge on any atom is 0.217 e. The highest BCUT2D eigenvalue weighted by Crippen LogP contribution is 2.40. The Labute approximate surface area is 358 Å². The molecule has 0 aliphatic rings. The van der Waals surface area contributed by atoms with E-state index >= 15 is 0 Å². The standard InChI is InChI=1S/C56H42N4O/c1-40-33-51(31-27-47(40)35-53(43-17-9-5-10-18-43)44-19-11-6-12-20-44)60(50-29-25-42(26-30-50)34-49(39-58)56(59-3)41(2)38-57)52-32-28-48(55(37-52)61-4)36-54(45-21-13-7-14-22-45)46-23-15-8-16-24-46/h5-37H,1-2,4H3/b49-34-,56-41+. The molecule has 7 rings (SSSR count). The normalized spacial score (nSPS) is 11.2. The summed E-state index contributed by atoms with van der Waals surface area (Å²) in [5.74, 6) is 0.711. The zero-order valence-electron chi connectivity index (χ0n) is 34.2. The third kappa shape index (κ3) is 9.49. The van der Waals surface area contributed by atoms with Crippen LogP contribution in [0.3, 0.4) is 0 Å². The van der Waals surface area contributed by atoms with E-state index in [1.54, 1.807) is 20.1 Å². The number of allylic oxidation sites excluding steroid dienone is 2. The lowest BCUT2D eigenvalue weighted by atomic mass is 9.94. The van der Waals surface area contributed by atoms with Gasteiger partial charge in [0.25, 0.3) is 0 Å². The van der Waals surface area contributed by atoms with Crippen LogP contribution in [0.4, 0.5) is 17.1 Å². The van der Waals surface area contributed by atoms with Crippen LogP contribution in [0.25, 0.3) is 34.2 Å². The molecular weight excluding hydrogens is 745 g/mol. The zero-order valence-corrected chi connectivity index (χ0v) is 34.2. The van der Waals surface area contributed by atoms with Gasteiger partial charge < -0.3 is 9.64 Å². The third-order valence-corrected chi connectivity index (χ3v) is 10.4. The Morgan fingerprint density at radius 2 is 1.00 bits per heavy atom. The van der Waals surface area contributed by atoms with Crippen molar-refractivity contribution in [3.8, 4) is 17.9 Å². The van der Waals surface area contributed by atoms with Crippen LogP contribution in [0.1, 0.15) is 51.4 Å². The number of benzene rings is 7. The summed E-state index contributed by atoms with van der Waals surface area (Å²) in [7, 11) is 1.70. The summed E-state index contributed by atoms with van der Waals surface area (Å²) in [4.78, 5) is 5.67. The number of anilines is 3. The molecule has 292 valence electrons. The van der Waals surface area contributed by atoms with Crippen LogP contribution in [-0.2, 0) is 0 Å². The number of hydrogen-bond acceptors (Lipinski definition) is 4. The predicted molar refractivity (Wildman–Crippen MR) is 251 cm³/mol. The first-order valence-corrected chi connectivity index (χ1v) is 19.8. The van der Waals surface area contributed by atoms with Gasteiger partial charge in [-0.25, -0.2) is 4.85 Å². The Kier molecular flexibility index (Phi) is 12.9. The second-order valence-corrected chi connectivity index (χ2v) is 14.3. The molecule has 0 bridgehead atoms. The van der Waals surface area contributed by atoms with Crippen LogP contribution in [0.5, 0.6) is 5.75 Å². The largest absolute Gasteiger partial charge is 0.496 e. The molecule has 0 aromatic heterocycles. The van der Waals surface area contributed by atoms with Gasteiger partial charge in [-0.3, -0.25) is 0 Å². The zero-order chi connectivity index (χ0) is 42.6. The summed E-state index contributed by atoms with van der Waals surface area (Å²) in [6, 6.07) is 66.3. The van der Waals surface area contributed by atoms with Gasteiger partial charge in [0, 0.05) is 34.3 Å². The Morgan fingerprint density at radius 1 is 0.557 bits per heavy atom. The number of nitriles is 2. The molecule has 0 heterocycles. The monoisotopic (exact) mass is 786 g/mol. The van der Waals surface area contributed by atoms with Crippen LogP contribution in [-0.4, -0.2) is 7.11 Å². The number of hydrogen-bond donors (Lipinski definition) is 0. The van der Waals surface area contributed by atoms with E-state index in [-0.39, 0.29) is 16.8 Å². The van der Waals surface area contributed by atoms with Gasteiger partial charge in [-0.05, 0) is 119 Å². The van der Waals surface area contributed by atoms with Gasteiger partial charge in [-0.15, -0.1) is 0 Å². The molecule has 0 aliphatic heterocycles. The molecule has 7 aromatic carbocycles. The van der Waals surface area contributed by atoms with Gasteiger partial charge in [0.2, 0.25) is 5.70 Å². The minimum absolute atomic E-state index is 0.0481. The average Bonchev–Trinajstić information content (AvgIpc) is 3.32. The van der Waals surface area contributed by atoms with Crippen LogP contribution in [0.15, 0.2) is 199 Å². The molecule has 0 radical (unpaired) electrons. The molecule has 5 nitrogen and oxygen atoms in total. The van der Waals surface area contributed by atoms with Crippen molar-refractivity contribution in [1.29, 1.82) is 10.5 Å². The molecular formula is C56H42N4O. The molecule has 61 heavy (non-hydrogen) atoms. The average molecular weight is 787 g/mol. The summed E-state index contributed by atoms with van der Waals surface area (Å²) < 4.78 is 6.12. The van der Waals surface area contributed by atoms with E-state index in [1.165, 1.54) is 0 Å². The van der Waals surface area contributed by atoms with Gasteiger partial charge in [-0.1, -0.05) is 140 Å². The van der Waals surface area contributed by atoms with Crippen molar-refractivity contribution in [1.82, 2.24) is 0 Å². The summed E-state index contributed by atoms with van der Waals surface area (Å²) in [5.41, 5.74) is 13.6. The van der Waals surface area contributed by atoms with Gasteiger partial charge in [-0.2, -0.15) is 10.5 Å². The Bertz CT molecular complexity index is 2820. The highest BCUT2D eigenvalue weighted by molar-refractivity contribution is 5.94. The minimum atomic E-state index is 0.0481. The van der Waals surface area contributed by atoms with E-state index in [2.05, 4.69) is 144 Å². The molecule has 0 saturated carbocycles. The lowest BCUT2D eigenvalue weighted by molar-refractivity contribution is 0.414. The Hall–Kier alpha value is -8.43. The fourth-order valence-electron chi connectivity index (χ4n) is 7.25. The highest BCUT2D eigenvalue weighted by Gasteiger charge is 2.18. The number of aryl methyl sites for hydroxylation is 1. The molecule has 0 saturated heterocycles. The first-order valence-electron chi connectivity index (χ1n) is 19.8. The van der Waals surface area contributed by atoms with Crippen molar-refractivity contribution in [2.24, 2.45) is 0 Å². The van der Waals surface area contributed by atoms with Crippen LogP contribution >= 0.6 is 0 Å². The molecule has 0 fully saturated rings.